The molecule has 0 aliphatic carbocycles. The van der Waals surface area contributed by atoms with Crippen molar-refractivity contribution in [2.24, 2.45) is 5.73 Å². The molecule has 0 fully saturated rings. The Morgan fingerprint density at radius 3 is 2.41 bits per heavy atom. The number of aromatic nitrogens is 2. The second kappa shape index (κ2) is 13.6. The van der Waals surface area contributed by atoms with Crippen molar-refractivity contribution in [3.05, 3.63) is 127 Å². The first kappa shape index (κ1) is 30.0. The molecule has 0 unspecified atom stereocenters. The maximum absolute atomic E-state index is 14.8. The summed E-state index contributed by atoms with van der Waals surface area (Å²) in [4.78, 5) is 38.5. The van der Waals surface area contributed by atoms with Crippen LogP contribution in [-0.4, -0.2) is 20.2 Å². The van der Waals surface area contributed by atoms with Gasteiger partial charge in [-0.2, -0.15) is 0 Å². The van der Waals surface area contributed by atoms with Crippen LogP contribution in [0.1, 0.15) is 54.1 Å². The molecule has 4 rings (SSSR count). The summed E-state index contributed by atoms with van der Waals surface area (Å²) in [7, 11) is 0. The first-order valence-corrected chi connectivity index (χ1v) is 13.9. The number of benzene rings is 3. The lowest BCUT2D eigenvalue weighted by Gasteiger charge is -2.20. The van der Waals surface area contributed by atoms with Crippen molar-refractivity contribution in [3.63, 3.8) is 0 Å². The van der Waals surface area contributed by atoms with Gasteiger partial charge in [-0.05, 0) is 55.0 Å². The van der Waals surface area contributed by atoms with Crippen LogP contribution < -0.4 is 17.0 Å². The maximum atomic E-state index is 14.8. The molecule has 0 saturated heterocycles. The lowest BCUT2D eigenvalue weighted by molar-refractivity contribution is -0.137. The molecule has 3 N–H and O–H groups in total. The van der Waals surface area contributed by atoms with E-state index in [0.29, 0.717) is 29.7 Å². The lowest BCUT2D eigenvalue weighted by atomic mass is 9.99. The molecule has 0 aliphatic rings. The number of nitrogens with two attached hydrogens (primary N) is 1. The lowest BCUT2D eigenvalue weighted by Crippen LogP contribution is -2.44. The SMILES string of the molecule is Cc1c(-c2cccc(CCCCCC(=O)O)c2)c(=O)n(C[C@H](N)c2ccccc2)c(=O)n1Cc1c(F)cccc1Cl. The van der Waals surface area contributed by atoms with Gasteiger partial charge in [0.2, 0.25) is 0 Å². The fourth-order valence-corrected chi connectivity index (χ4v) is 5.21. The molecule has 0 spiro atoms. The number of aliphatic carboxylic acids is 1. The zero-order valence-electron chi connectivity index (χ0n) is 22.9. The average molecular weight is 578 g/mol. The minimum Gasteiger partial charge on any atom is -0.481 e. The van der Waals surface area contributed by atoms with E-state index in [1.807, 2.05) is 54.6 Å². The molecule has 3 aromatic carbocycles. The highest BCUT2D eigenvalue weighted by Crippen LogP contribution is 2.25. The molecule has 0 saturated carbocycles. The molecule has 9 heteroatoms. The summed E-state index contributed by atoms with van der Waals surface area (Å²) in [5, 5.41) is 9.04. The summed E-state index contributed by atoms with van der Waals surface area (Å²) in [5.41, 5.74) is 8.61. The number of hydrogen-bond acceptors (Lipinski definition) is 4. The molecule has 7 nitrogen and oxygen atoms in total. The fraction of sp³-hybridized carbons (Fsp3) is 0.281. The highest BCUT2D eigenvalue weighted by molar-refractivity contribution is 6.31. The summed E-state index contributed by atoms with van der Waals surface area (Å²) in [6, 6.07) is 20.4. The van der Waals surface area contributed by atoms with Crippen LogP contribution >= 0.6 is 11.6 Å². The normalized spacial score (nSPS) is 11.9. The largest absolute Gasteiger partial charge is 0.481 e. The molecule has 1 aromatic heterocycles. The van der Waals surface area contributed by atoms with Gasteiger partial charge in [0, 0.05) is 28.7 Å². The molecular formula is C32H33ClFN3O4. The molecule has 0 bridgehead atoms. The molecule has 0 aliphatic heterocycles. The van der Waals surface area contributed by atoms with E-state index < -0.39 is 29.1 Å². The third-order valence-electron chi connectivity index (χ3n) is 7.24. The summed E-state index contributed by atoms with van der Waals surface area (Å²) < 4.78 is 17.3. The Labute approximate surface area is 242 Å². The van der Waals surface area contributed by atoms with Crippen LogP contribution in [0.5, 0.6) is 0 Å². The summed E-state index contributed by atoms with van der Waals surface area (Å²) in [5.74, 6) is -1.36. The second-order valence-electron chi connectivity index (χ2n) is 10.1. The molecule has 41 heavy (non-hydrogen) atoms. The van der Waals surface area contributed by atoms with E-state index in [9.17, 15) is 18.8 Å². The van der Waals surface area contributed by atoms with Crippen LogP contribution in [0.4, 0.5) is 4.39 Å². The number of aryl methyl sites for hydroxylation is 1. The van der Waals surface area contributed by atoms with Gasteiger partial charge in [0.1, 0.15) is 5.82 Å². The van der Waals surface area contributed by atoms with Crippen LogP contribution in [0.25, 0.3) is 11.1 Å². The van der Waals surface area contributed by atoms with Crippen LogP contribution in [0.15, 0.2) is 82.4 Å². The van der Waals surface area contributed by atoms with E-state index in [1.54, 1.807) is 13.0 Å². The third-order valence-corrected chi connectivity index (χ3v) is 7.60. The topological polar surface area (TPSA) is 107 Å². The Morgan fingerprint density at radius 1 is 0.976 bits per heavy atom. The Bertz CT molecular complexity index is 1630. The number of carboxylic acids is 1. The van der Waals surface area contributed by atoms with Gasteiger partial charge in [0.25, 0.3) is 5.56 Å². The van der Waals surface area contributed by atoms with Gasteiger partial charge in [0.15, 0.2) is 0 Å². The highest BCUT2D eigenvalue weighted by atomic mass is 35.5. The number of halogens is 2. The van der Waals surface area contributed by atoms with Crippen LogP contribution in [-0.2, 0) is 24.3 Å². The number of unbranched alkanes of at least 4 members (excludes halogenated alkanes) is 2. The minimum atomic E-state index is -0.808. The Kier molecular flexibility index (Phi) is 9.91. The molecule has 0 amide bonds. The van der Waals surface area contributed by atoms with E-state index in [2.05, 4.69) is 0 Å². The highest BCUT2D eigenvalue weighted by Gasteiger charge is 2.21. The molecule has 4 aromatic rings. The maximum Gasteiger partial charge on any atom is 0.331 e. The number of nitrogens with zero attached hydrogens (tertiary/aromatic N) is 2. The van der Waals surface area contributed by atoms with Crippen LogP contribution in [0.3, 0.4) is 0 Å². The van der Waals surface area contributed by atoms with Crippen molar-refractivity contribution in [3.8, 4) is 11.1 Å². The smallest absolute Gasteiger partial charge is 0.331 e. The van der Waals surface area contributed by atoms with Gasteiger partial charge >= 0.3 is 11.7 Å². The molecule has 1 heterocycles. The molecule has 0 radical (unpaired) electrons. The zero-order chi connectivity index (χ0) is 29.5. The van der Waals surface area contributed by atoms with Crippen LogP contribution in [0, 0.1) is 12.7 Å². The van der Waals surface area contributed by atoms with E-state index >= 15 is 0 Å². The Morgan fingerprint density at radius 2 is 1.71 bits per heavy atom. The first-order chi connectivity index (χ1) is 19.7. The zero-order valence-corrected chi connectivity index (χ0v) is 23.6. The van der Waals surface area contributed by atoms with Crippen LogP contribution in [0.2, 0.25) is 5.02 Å². The standard InChI is InChI=1S/C32H33ClFN3O4/c1-21-30(24-14-8-11-22(18-24)10-4-2-7-17-29(38)39)31(40)37(20-28(35)23-12-5-3-6-13-23)32(41)36(21)19-25-26(33)15-9-16-27(25)34/h3,5-6,8-9,11-16,18,28H,2,4,7,10,17,19-20,35H2,1H3,(H,38,39)/t28-/m0/s1. The predicted molar refractivity (Wildman–Crippen MR) is 159 cm³/mol. The van der Waals surface area contributed by atoms with Crippen molar-refractivity contribution in [1.29, 1.82) is 0 Å². The summed E-state index contributed by atoms with van der Waals surface area (Å²) >= 11 is 6.31. The first-order valence-electron chi connectivity index (χ1n) is 13.6. The van der Waals surface area contributed by atoms with Crippen molar-refractivity contribution < 1.29 is 14.3 Å². The summed E-state index contributed by atoms with van der Waals surface area (Å²) in [6.07, 6.45) is 3.02. The van der Waals surface area contributed by atoms with E-state index in [-0.39, 0.29) is 30.1 Å². The van der Waals surface area contributed by atoms with E-state index in [0.717, 1.165) is 28.5 Å². The van der Waals surface area contributed by atoms with Gasteiger partial charge < -0.3 is 10.8 Å². The van der Waals surface area contributed by atoms with Gasteiger partial charge in [0.05, 0.1) is 18.7 Å². The average Bonchev–Trinajstić information content (AvgIpc) is 2.95. The minimum absolute atomic E-state index is 0.0662. The number of rotatable bonds is 12. The monoisotopic (exact) mass is 577 g/mol. The predicted octanol–water partition coefficient (Wildman–Crippen LogP) is 5.71. The number of carboxylic acid groups (broad SMARTS) is 1. The van der Waals surface area contributed by atoms with Gasteiger partial charge in [-0.25, -0.2) is 9.18 Å². The van der Waals surface area contributed by atoms with E-state index in [4.69, 9.17) is 22.4 Å². The number of carbonyl (C=O) groups is 1. The Balaban J connectivity index is 1.78. The third kappa shape index (κ3) is 7.20. The van der Waals surface area contributed by atoms with Crippen molar-refractivity contribution in [1.82, 2.24) is 9.13 Å². The van der Waals surface area contributed by atoms with Gasteiger partial charge in [-0.15, -0.1) is 0 Å². The molecular weight excluding hydrogens is 545 g/mol. The fourth-order valence-electron chi connectivity index (χ4n) is 4.99. The Hall–Kier alpha value is -4.01. The molecule has 1 atom stereocenters. The second-order valence-corrected chi connectivity index (χ2v) is 10.5. The summed E-state index contributed by atoms with van der Waals surface area (Å²) in [6.45, 7) is 1.45. The van der Waals surface area contributed by atoms with Crippen molar-refractivity contribution >= 4 is 17.6 Å². The number of hydrogen-bond donors (Lipinski definition) is 2. The van der Waals surface area contributed by atoms with E-state index in [1.165, 1.54) is 16.7 Å². The molecule has 214 valence electrons. The van der Waals surface area contributed by atoms with Gasteiger partial charge in [-0.1, -0.05) is 78.7 Å². The quantitative estimate of drug-likeness (QED) is 0.210. The van der Waals surface area contributed by atoms with Crippen molar-refractivity contribution in [2.75, 3.05) is 0 Å². The van der Waals surface area contributed by atoms with Crippen molar-refractivity contribution in [2.45, 2.75) is 58.2 Å². The van der Waals surface area contributed by atoms with Gasteiger partial charge in [-0.3, -0.25) is 18.7 Å².